The van der Waals surface area contributed by atoms with Crippen molar-refractivity contribution in [2.75, 3.05) is 31.1 Å². The summed E-state index contributed by atoms with van der Waals surface area (Å²) < 4.78 is 0. The van der Waals surface area contributed by atoms with Crippen molar-refractivity contribution < 1.29 is 4.79 Å². The van der Waals surface area contributed by atoms with Crippen LogP contribution < -0.4 is 4.90 Å². The maximum absolute atomic E-state index is 12.7. The number of anilines is 1. The van der Waals surface area contributed by atoms with Gasteiger partial charge in [-0.3, -0.25) is 9.89 Å². The van der Waals surface area contributed by atoms with Crippen molar-refractivity contribution in [2.45, 2.75) is 6.42 Å². The van der Waals surface area contributed by atoms with E-state index in [1.54, 1.807) is 12.4 Å². The van der Waals surface area contributed by atoms with Gasteiger partial charge in [0.2, 0.25) is 0 Å². The second-order valence-corrected chi connectivity index (χ2v) is 6.32. The average molecular weight is 348 g/mol. The van der Waals surface area contributed by atoms with E-state index in [0.717, 1.165) is 30.9 Å². The van der Waals surface area contributed by atoms with Gasteiger partial charge in [0, 0.05) is 38.3 Å². The molecule has 132 valence electrons. The molecule has 7 heteroatoms. The number of piperazine rings is 1. The Hall–Kier alpha value is -3.22. The highest BCUT2D eigenvalue weighted by atomic mass is 16.2. The molecule has 1 aromatic carbocycles. The van der Waals surface area contributed by atoms with Crippen molar-refractivity contribution in [3.05, 3.63) is 71.8 Å². The van der Waals surface area contributed by atoms with Crippen molar-refractivity contribution in [3.8, 4) is 0 Å². The zero-order chi connectivity index (χ0) is 17.8. The van der Waals surface area contributed by atoms with Gasteiger partial charge in [0.1, 0.15) is 5.69 Å². The zero-order valence-electron chi connectivity index (χ0n) is 14.4. The molecule has 1 amide bonds. The van der Waals surface area contributed by atoms with Crippen LogP contribution in [0.15, 0.2) is 54.9 Å². The van der Waals surface area contributed by atoms with Crippen LogP contribution in [0.2, 0.25) is 0 Å². The van der Waals surface area contributed by atoms with Gasteiger partial charge in [-0.05, 0) is 17.7 Å². The molecule has 3 aromatic rings. The largest absolute Gasteiger partial charge is 0.367 e. The summed E-state index contributed by atoms with van der Waals surface area (Å²) in [4.78, 5) is 16.8. The number of nitrogens with zero attached hydrogens (tertiary/aromatic N) is 5. The van der Waals surface area contributed by atoms with E-state index in [1.165, 1.54) is 5.56 Å². The Bertz CT molecular complexity index is 856. The topological polar surface area (TPSA) is 78.0 Å². The van der Waals surface area contributed by atoms with Crippen molar-refractivity contribution in [2.24, 2.45) is 0 Å². The minimum absolute atomic E-state index is 0.0203. The summed E-state index contributed by atoms with van der Waals surface area (Å²) in [6.45, 7) is 2.89. The highest BCUT2D eigenvalue weighted by molar-refractivity contribution is 5.92. The number of aromatic nitrogens is 4. The minimum Gasteiger partial charge on any atom is -0.367 e. The van der Waals surface area contributed by atoms with Crippen molar-refractivity contribution in [3.63, 3.8) is 0 Å². The molecule has 7 nitrogen and oxygen atoms in total. The van der Waals surface area contributed by atoms with E-state index in [-0.39, 0.29) is 5.91 Å². The Morgan fingerprint density at radius 2 is 1.85 bits per heavy atom. The molecule has 0 saturated carbocycles. The van der Waals surface area contributed by atoms with Crippen LogP contribution in [0.4, 0.5) is 5.69 Å². The number of hydrogen-bond acceptors (Lipinski definition) is 5. The Labute approximate surface area is 151 Å². The molecule has 0 atom stereocenters. The molecule has 26 heavy (non-hydrogen) atoms. The molecule has 0 radical (unpaired) electrons. The van der Waals surface area contributed by atoms with Gasteiger partial charge in [0.15, 0.2) is 0 Å². The average Bonchev–Trinajstić information content (AvgIpc) is 3.17. The highest BCUT2D eigenvalue weighted by Crippen LogP contribution is 2.16. The summed E-state index contributed by atoms with van der Waals surface area (Å²) in [6, 6.07) is 13.9. The summed E-state index contributed by atoms with van der Waals surface area (Å²) in [5.74, 6) is -0.0203. The number of benzene rings is 1. The zero-order valence-corrected chi connectivity index (χ0v) is 14.4. The standard InChI is InChI=1S/C19H20N6O/c26-19(18-13-16(22-23-18)12-15-4-2-1-3-5-15)25-10-8-24(9-11-25)17-6-7-20-21-14-17/h1-7,13-14H,8-12H2,(H,22,23). The van der Waals surface area contributed by atoms with Crippen LogP contribution in [-0.4, -0.2) is 57.4 Å². The lowest BCUT2D eigenvalue weighted by molar-refractivity contribution is 0.0741. The first kappa shape index (κ1) is 16.3. The first-order chi connectivity index (χ1) is 12.8. The molecular formula is C19H20N6O. The van der Waals surface area contributed by atoms with E-state index in [4.69, 9.17) is 0 Å². The maximum Gasteiger partial charge on any atom is 0.274 e. The van der Waals surface area contributed by atoms with Gasteiger partial charge >= 0.3 is 0 Å². The van der Waals surface area contributed by atoms with Crippen LogP contribution in [0.1, 0.15) is 21.7 Å². The Morgan fingerprint density at radius 1 is 1.04 bits per heavy atom. The van der Waals surface area contributed by atoms with Crippen LogP contribution in [0, 0.1) is 0 Å². The normalized spacial score (nSPS) is 14.5. The Balaban J connectivity index is 1.37. The fourth-order valence-corrected chi connectivity index (χ4v) is 3.18. The van der Waals surface area contributed by atoms with Crippen LogP contribution in [-0.2, 0) is 6.42 Å². The number of carbonyl (C=O) groups excluding carboxylic acids is 1. The van der Waals surface area contributed by atoms with Gasteiger partial charge in [-0.1, -0.05) is 30.3 Å². The molecule has 0 aliphatic carbocycles. The number of rotatable bonds is 4. The summed E-state index contributed by atoms with van der Waals surface area (Å²) in [7, 11) is 0. The van der Waals surface area contributed by atoms with E-state index in [2.05, 4.69) is 37.4 Å². The smallest absolute Gasteiger partial charge is 0.274 e. The maximum atomic E-state index is 12.7. The molecule has 2 aromatic heterocycles. The van der Waals surface area contributed by atoms with Crippen LogP contribution in [0.3, 0.4) is 0 Å². The molecule has 1 aliphatic rings. The predicted octanol–water partition coefficient (Wildman–Crippen LogP) is 1.75. The third-order valence-corrected chi connectivity index (χ3v) is 4.59. The molecule has 3 heterocycles. The highest BCUT2D eigenvalue weighted by Gasteiger charge is 2.24. The van der Waals surface area contributed by atoms with E-state index in [0.29, 0.717) is 18.8 Å². The number of aromatic amines is 1. The second kappa shape index (κ2) is 7.35. The molecule has 1 fully saturated rings. The Kier molecular flexibility index (Phi) is 4.59. The first-order valence-electron chi connectivity index (χ1n) is 8.69. The monoisotopic (exact) mass is 348 g/mol. The van der Waals surface area contributed by atoms with Crippen LogP contribution in [0.5, 0.6) is 0 Å². The molecule has 1 saturated heterocycles. The summed E-state index contributed by atoms with van der Waals surface area (Å²) in [5.41, 5.74) is 3.66. The van der Waals surface area contributed by atoms with Crippen molar-refractivity contribution >= 4 is 11.6 Å². The van der Waals surface area contributed by atoms with Crippen LogP contribution >= 0.6 is 0 Å². The van der Waals surface area contributed by atoms with Gasteiger partial charge in [-0.25, -0.2) is 0 Å². The molecule has 1 aliphatic heterocycles. The molecule has 1 N–H and O–H groups in total. The fourth-order valence-electron chi connectivity index (χ4n) is 3.18. The lowest BCUT2D eigenvalue weighted by Gasteiger charge is -2.35. The SMILES string of the molecule is O=C(c1cc(Cc2ccccc2)[nH]n1)N1CCN(c2ccnnc2)CC1. The van der Waals surface area contributed by atoms with Crippen LogP contribution in [0.25, 0.3) is 0 Å². The van der Waals surface area contributed by atoms with E-state index >= 15 is 0 Å². The van der Waals surface area contributed by atoms with Gasteiger partial charge in [0.25, 0.3) is 5.91 Å². The second-order valence-electron chi connectivity index (χ2n) is 6.32. The van der Waals surface area contributed by atoms with Crippen molar-refractivity contribution in [1.29, 1.82) is 0 Å². The third kappa shape index (κ3) is 3.56. The third-order valence-electron chi connectivity index (χ3n) is 4.59. The van der Waals surface area contributed by atoms with E-state index in [9.17, 15) is 4.79 Å². The number of nitrogens with one attached hydrogen (secondary N) is 1. The predicted molar refractivity (Wildman–Crippen MR) is 98.0 cm³/mol. The molecular weight excluding hydrogens is 328 g/mol. The van der Waals surface area contributed by atoms with Gasteiger partial charge in [0.05, 0.1) is 18.1 Å². The van der Waals surface area contributed by atoms with Gasteiger partial charge in [-0.15, -0.1) is 0 Å². The number of carbonyl (C=O) groups is 1. The summed E-state index contributed by atoms with van der Waals surface area (Å²) in [6.07, 6.45) is 4.18. The van der Waals surface area contributed by atoms with E-state index in [1.807, 2.05) is 35.2 Å². The number of H-pyrrole nitrogens is 1. The molecule has 0 bridgehead atoms. The summed E-state index contributed by atoms with van der Waals surface area (Å²) >= 11 is 0. The Morgan fingerprint density at radius 3 is 2.58 bits per heavy atom. The number of hydrogen-bond donors (Lipinski definition) is 1. The van der Waals surface area contributed by atoms with E-state index < -0.39 is 0 Å². The van der Waals surface area contributed by atoms with Gasteiger partial charge in [-0.2, -0.15) is 15.3 Å². The fraction of sp³-hybridized carbons (Fsp3) is 0.263. The van der Waals surface area contributed by atoms with Crippen molar-refractivity contribution in [1.82, 2.24) is 25.3 Å². The summed E-state index contributed by atoms with van der Waals surface area (Å²) in [5, 5.41) is 14.9. The quantitative estimate of drug-likeness (QED) is 0.777. The van der Waals surface area contributed by atoms with Gasteiger partial charge < -0.3 is 9.80 Å². The minimum atomic E-state index is -0.0203. The first-order valence-corrected chi connectivity index (χ1v) is 8.69. The lowest BCUT2D eigenvalue weighted by atomic mass is 10.1. The lowest BCUT2D eigenvalue weighted by Crippen LogP contribution is -2.48. The molecule has 4 rings (SSSR count). The number of amides is 1. The molecule has 0 spiro atoms. The molecule has 0 unspecified atom stereocenters.